The minimum Gasteiger partial charge on any atom is -0.459 e. The van der Waals surface area contributed by atoms with E-state index >= 15 is 0 Å². The van der Waals surface area contributed by atoms with E-state index in [1.807, 2.05) is 0 Å². The van der Waals surface area contributed by atoms with Crippen LogP contribution in [0.5, 0.6) is 0 Å². The lowest BCUT2D eigenvalue weighted by Crippen LogP contribution is -2.40. The molecule has 106 valence electrons. The van der Waals surface area contributed by atoms with E-state index in [0.717, 1.165) is 12.8 Å². The molecule has 0 unspecified atom stereocenters. The molecular weight excluding hydrogens is 242 g/mol. The Morgan fingerprint density at radius 2 is 2.26 bits per heavy atom. The second-order valence-electron chi connectivity index (χ2n) is 5.98. The lowest BCUT2D eigenvalue weighted by molar-refractivity contribution is -0.147. The Balaban J connectivity index is 1.78. The smallest absolute Gasteiger partial charge is 0.307 e. The monoisotopic (exact) mass is 265 g/mol. The zero-order chi connectivity index (χ0) is 13.9. The fraction of sp³-hybridized carbons (Fsp3) is 0.733. The van der Waals surface area contributed by atoms with Gasteiger partial charge in [0.05, 0.1) is 12.3 Å². The van der Waals surface area contributed by atoms with Gasteiger partial charge in [-0.05, 0) is 46.0 Å². The second-order valence-corrected chi connectivity index (χ2v) is 5.98. The van der Waals surface area contributed by atoms with Crippen LogP contribution in [0.15, 0.2) is 11.6 Å². The van der Waals surface area contributed by atoms with Crippen LogP contribution in [-0.4, -0.2) is 24.0 Å². The van der Waals surface area contributed by atoms with Gasteiger partial charge < -0.3 is 10.1 Å². The van der Waals surface area contributed by atoms with Gasteiger partial charge in [-0.25, -0.2) is 0 Å². The Hall–Kier alpha value is -1.32. The summed E-state index contributed by atoms with van der Waals surface area (Å²) in [6.07, 6.45) is 8.29. The lowest BCUT2D eigenvalue weighted by atomic mass is 9.90. The summed E-state index contributed by atoms with van der Waals surface area (Å²) in [5, 5.41) is 2.94. The van der Waals surface area contributed by atoms with Gasteiger partial charge in [-0.15, -0.1) is 0 Å². The molecule has 0 bridgehead atoms. The van der Waals surface area contributed by atoms with Gasteiger partial charge in [-0.1, -0.05) is 11.6 Å². The Bertz CT molecular complexity index is 398. The molecule has 1 atom stereocenters. The fourth-order valence-corrected chi connectivity index (χ4v) is 2.83. The number of rotatable bonds is 4. The molecule has 0 saturated carbocycles. The Morgan fingerprint density at radius 3 is 2.84 bits per heavy atom. The first kappa shape index (κ1) is 14.1. The van der Waals surface area contributed by atoms with Crippen LogP contribution in [0.3, 0.4) is 0 Å². The molecule has 0 aromatic heterocycles. The average Bonchev–Trinajstić information content (AvgIpc) is 2.64. The fourth-order valence-electron chi connectivity index (χ4n) is 2.83. The highest BCUT2D eigenvalue weighted by molar-refractivity contribution is 5.87. The predicted octanol–water partition coefficient (Wildman–Crippen LogP) is 2.33. The number of allylic oxidation sites excluding steroid dienone is 1. The maximum atomic E-state index is 12.1. The van der Waals surface area contributed by atoms with Crippen molar-refractivity contribution in [3.63, 3.8) is 0 Å². The molecule has 1 saturated heterocycles. The summed E-state index contributed by atoms with van der Waals surface area (Å²) in [5.41, 5.74) is 0.773. The summed E-state index contributed by atoms with van der Waals surface area (Å²) in [6.45, 7) is 4.25. The summed E-state index contributed by atoms with van der Waals surface area (Å²) in [5.74, 6) is -0.701. The maximum absolute atomic E-state index is 12.1. The van der Waals surface area contributed by atoms with Gasteiger partial charge >= 0.3 is 5.97 Å². The van der Waals surface area contributed by atoms with Gasteiger partial charge in [0.15, 0.2) is 0 Å². The number of ether oxygens (including phenoxy) is 1. The largest absolute Gasteiger partial charge is 0.459 e. The SMILES string of the molecule is CC1(C)OC(=O)C[C@H]1C(=O)NCCC1=CCCCC1. The van der Waals surface area contributed by atoms with Crippen LogP contribution in [0.1, 0.15) is 52.4 Å². The molecule has 2 aliphatic rings. The first-order valence-electron chi connectivity index (χ1n) is 7.16. The number of carbonyl (C=O) groups excluding carboxylic acids is 2. The maximum Gasteiger partial charge on any atom is 0.307 e. The molecule has 0 spiro atoms. The van der Waals surface area contributed by atoms with Crippen LogP contribution in [0, 0.1) is 5.92 Å². The highest BCUT2D eigenvalue weighted by Gasteiger charge is 2.45. The highest BCUT2D eigenvalue weighted by atomic mass is 16.6. The van der Waals surface area contributed by atoms with E-state index < -0.39 is 5.60 Å². The van der Waals surface area contributed by atoms with Crippen molar-refractivity contribution in [3.8, 4) is 0 Å². The molecule has 0 aromatic rings. The van der Waals surface area contributed by atoms with E-state index in [1.54, 1.807) is 13.8 Å². The minimum atomic E-state index is -0.675. The molecule has 1 amide bonds. The molecule has 19 heavy (non-hydrogen) atoms. The molecule has 0 aromatic carbocycles. The van der Waals surface area contributed by atoms with Crippen molar-refractivity contribution in [2.75, 3.05) is 6.54 Å². The molecule has 1 aliphatic heterocycles. The summed E-state index contributed by atoms with van der Waals surface area (Å²) < 4.78 is 5.17. The molecule has 1 aliphatic carbocycles. The summed E-state index contributed by atoms with van der Waals surface area (Å²) in [7, 11) is 0. The average molecular weight is 265 g/mol. The van der Waals surface area contributed by atoms with E-state index in [9.17, 15) is 9.59 Å². The molecule has 1 N–H and O–H groups in total. The van der Waals surface area contributed by atoms with E-state index in [4.69, 9.17) is 4.74 Å². The number of hydrogen-bond donors (Lipinski definition) is 1. The van der Waals surface area contributed by atoms with Crippen LogP contribution < -0.4 is 5.32 Å². The van der Waals surface area contributed by atoms with Crippen molar-refractivity contribution >= 4 is 11.9 Å². The molecule has 2 rings (SSSR count). The molecule has 1 heterocycles. The quantitative estimate of drug-likeness (QED) is 0.627. The number of nitrogens with one attached hydrogen (secondary N) is 1. The minimum absolute atomic E-state index is 0.0627. The summed E-state index contributed by atoms with van der Waals surface area (Å²) in [4.78, 5) is 23.4. The number of hydrogen-bond acceptors (Lipinski definition) is 3. The molecule has 0 radical (unpaired) electrons. The van der Waals surface area contributed by atoms with Crippen LogP contribution in [0.25, 0.3) is 0 Å². The summed E-state index contributed by atoms with van der Waals surface area (Å²) >= 11 is 0. The number of carbonyl (C=O) groups is 2. The topological polar surface area (TPSA) is 55.4 Å². The van der Waals surface area contributed by atoms with Crippen molar-refractivity contribution in [3.05, 3.63) is 11.6 Å². The van der Waals surface area contributed by atoms with E-state index in [2.05, 4.69) is 11.4 Å². The third-order valence-corrected chi connectivity index (χ3v) is 4.03. The van der Waals surface area contributed by atoms with E-state index in [-0.39, 0.29) is 24.2 Å². The van der Waals surface area contributed by atoms with Crippen molar-refractivity contribution in [1.82, 2.24) is 5.32 Å². The van der Waals surface area contributed by atoms with Gasteiger partial charge in [0.1, 0.15) is 5.60 Å². The normalized spacial score (nSPS) is 25.7. The second kappa shape index (κ2) is 5.76. The Kier molecular flexibility index (Phi) is 4.27. The van der Waals surface area contributed by atoms with Gasteiger partial charge in [-0.2, -0.15) is 0 Å². The van der Waals surface area contributed by atoms with Crippen molar-refractivity contribution in [2.45, 2.75) is 58.0 Å². The first-order chi connectivity index (χ1) is 8.99. The van der Waals surface area contributed by atoms with Crippen molar-refractivity contribution in [1.29, 1.82) is 0 Å². The van der Waals surface area contributed by atoms with Gasteiger partial charge in [0.2, 0.25) is 5.91 Å². The van der Waals surface area contributed by atoms with Crippen molar-refractivity contribution < 1.29 is 14.3 Å². The van der Waals surface area contributed by atoms with Crippen LogP contribution in [0.2, 0.25) is 0 Å². The van der Waals surface area contributed by atoms with Gasteiger partial charge in [0.25, 0.3) is 0 Å². The molecular formula is C15H23NO3. The van der Waals surface area contributed by atoms with E-state index in [0.29, 0.717) is 6.54 Å². The highest BCUT2D eigenvalue weighted by Crippen LogP contribution is 2.32. The predicted molar refractivity (Wildman–Crippen MR) is 72.5 cm³/mol. The first-order valence-corrected chi connectivity index (χ1v) is 7.16. The lowest BCUT2D eigenvalue weighted by Gasteiger charge is -2.24. The number of cyclic esters (lactones) is 1. The summed E-state index contributed by atoms with van der Waals surface area (Å²) in [6, 6.07) is 0. The Morgan fingerprint density at radius 1 is 1.47 bits per heavy atom. The third kappa shape index (κ3) is 3.58. The molecule has 4 nitrogen and oxygen atoms in total. The third-order valence-electron chi connectivity index (χ3n) is 4.03. The van der Waals surface area contributed by atoms with Crippen LogP contribution in [-0.2, 0) is 14.3 Å². The zero-order valence-electron chi connectivity index (χ0n) is 11.8. The Labute approximate surface area is 114 Å². The molecule has 1 fully saturated rings. The van der Waals surface area contributed by atoms with Gasteiger partial charge in [0, 0.05) is 6.54 Å². The van der Waals surface area contributed by atoms with Crippen LogP contribution >= 0.6 is 0 Å². The van der Waals surface area contributed by atoms with Crippen LogP contribution in [0.4, 0.5) is 0 Å². The van der Waals surface area contributed by atoms with Crippen molar-refractivity contribution in [2.24, 2.45) is 5.92 Å². The van der Waals surface area contributed by atoms with E-state index in [1.165, 1.54) is 24.8 Å². The molecule has 4 heteroatoms. The number of amides is 1. The zero-order valence-corrected chi connectivity index (χ0v) is 11.8. The standard InChI is InChI=1S/C15H23NO3/c1-15(2)12(10-13(17)19-15)14(18)16-9-8-11-6-4-3-5-7-11/h6,12H,3-5,7-10H2,1-2H3,(H,16,18)/t12-/m0/s1. The van der Waals surface area contributed by atoms with Gasteiger partial charge in [-0.3, -0.25) is 9.59 Å². The number of esters is 1.